The molecule has 28 heavy (non-hydrogen) atoms. The topological polar surface area (TPSA) is 56.5 Å². The number of fused-ring (bicyclic) bond motifs is 2. The Kier molecular flexibility index (Phi) is 4.03. The van der Waals surface area contributed by atoms with E-state index < -0.39 is 0 Å². The molecular formula is C21H14ClN3O2S. The summed E-state index contributed by atoms with van der Waals surface area (Å²) in [5, 5.41) is 5.01. The summed E-state index contributed by atoms with van der Waals surface area (Å²) in [7, 11) is 0. The van der Waals surface area contributed by atoms with Crippen molar-refractivity contribution < 1.29 is 4.74 Å². The SMILES string of the molecule is CC1Oc2ccccc2C=C1C=c1sc2nc(-c3ccc(Cl)cc3)nn2c1=O. The minimum atomic E-state index is -0.181. The Bertz CT molecular complexity index is 1340. The lowest BCUT2D eigenvalue weighted by Gasteiger charge is -2.22. The second-order valence-corrected chi connectivity index (χ2v) is 7.94. The lowest BCUT2D eigenvalue weighted by Crippen LogP contribution is -2.26. The molecule has 3 heterocycles. The fourth-order valence-electron chi connectivity index (χ4n) is 3.13. The molecule has 0 aliphatic carbocycles. The molecule has 1 aliphatic rings. The molecule has 0 saturated heterocycles. The molecule has 0 spiro atoms. The van der Waals surface area contributed by atoms with Crippen molar-refractivity contribution in [3.63, 3.8) is 0 Å². The lowest BCUT2D eigenvalue weighted by atomic mass is 10.0. The molecule has 5 nitrogen and oxygen atoms in total. The predicted molar refractivity (Wildman–Crippen MR) is 112 cm³/mol. The third-order valence-corrected chi connectivity index (χ3v) is 5.81. The van der Waals surface area contributed by atoms with Gasteiger partial charge in [0.25, 0.3) is 5.56 Å². The number of nitrogens with zero attached hydrogens (tertiary/aromatic N) is 3. The summed E-state index contributed by atoms with van der Waals surface area (Å²) in [5.41, 5.74) is 2.58. The van der Waals surface area contributed by atoms with Crippen molar-refractivity contribution in [1.82, 2.24) is 14.6 Å². The van der Waals surface area contributed by atoms with Gasteiger partial charge in [-0.25, -0.2) is 0 Å². The van der Waals surface area contributed by atoms with E-state index in [1.54, 1.807) is 12.1 Å². The van der Waals surface area contributed by atoms with Crippen LogP contribution in [0.5, 0.6) is 5.75 Å². The Morgan fingerprint density at radius 2 is 1.96 bits per heavy atom. The van der Waals surface area contributed by atoms with Crippen molar-refractivity contribution in [2.24, 2.45) is 0 Å². The number of thiazole rings is 1. The van der Waals surface area contributed by atoms with Crippen LogP contribution in [-0.2, 0) is 0 Å². The molecule has 1 atom stereocenters. The lowest BCUT2D eigenvalue weighted by molar-refractivity contribution is 0.259. The molecule has 0 N–H and O–H groups in total. The number of aromatic nitrogens is 3. The molecule has 5 rings (SSSR count). The molecule has 0 amide bonds. The molecule has 0 bridgehead atoms. The maximum atomic E-state index is 12.8. The third kappa shape index (κ3) is 2.91. The summed E-state index contributed by atoms with van der Waals surface area (Å²) < 4.78 is 7.89. The van der Waals surface area contributed by atoms with Crippen LogP contribution in [0.2, 0.25) is 5.02 Å². The zero-order valence-electron chi connectivity index (χ0n) is 14.8. The van der Waals surface area contributed by atoms with E-state index in [-0.39, 0.29) is 11.7 Å². The van der Waals surface area contributed by atoms with Gasteiger partial charge in [-0.2, -0.15) is 9.50 Å². The van der Waals surface area contributed by atoms with Crippen LogP contribution in [0.15, 0.2) is 58.9 Å². The highest BCUT2D eigenvalue weighted by Crippen LogP contribution is 2.29. The highest BCUT2D eigenvalue weighted by molar-refractivity contribution is 7.15. The highest BCUT2D eigenvalue weighted by Gasteiger charge is 2.18. The summed E-state index contributed by atoms with van der Waals surface area (Å²) >= 11 is 7.24. The van der Waals surface area contributed by atoms with Crippen molar-refractivity contribution in [2.75, 3.05) is 0 Å². The molecule has 4 aromatic rings. The van der Waals surface area contributed by atoms with Crippen LogP contribution in [0, 0.1) is 0 Å². The summed E-state index contributed by atoms with van der Waals surface area (Å²) in [6.45, 7) is 1.97. The van der Waals surface area contributed by atoms with Gasteiger partial charge >= 0.3 is 0 Å². The molecular weight excluding hydrogens is 394 g/mol. The molecule has 0 radical (unpaired) electrons. The molecule has 2 aromatic carbocycles. The number of hydrogen-bond donors (Lipinski definition) is 0. The Labute approximate surface area is 169 Å². The zero-order valence-corrected chi connectivity index (χ0v) is 16.4. The Morgan fingerprint density at radius 1 is 1.18 bits per heavy atom. The number of hydrogen-bond acceptors (Lipinski definition) is 5. The van der Waals surface area contributed by atoms with E-state index in [9.17, 15) is 4.79 Å². The summed E-state index contributed by atoms with van der Waals surface area (Å²) in [6.07, 6.45) is 3.78. The van der Waals surface area contributed by atoms with Crippen LogP contribution in [0.3, 0.4) is 0 Å². The van der Waals surface area contributed by atoms with E-state index in [2.05, 4.69) is 16.2 Å². The summed E-state index contributed by atoms with van der Waals surface area (Å²) in [6, 6.07) is 15.1. The van der Waals surface area contributed by atoms with Gasteiger partial charge in [-0.15, -0.1) is 5.10 Å². The van der Waals surface area contributed by atoms with Gasteiger partial charge in [-0.1, -0.05) is 41.1 Å². The fourth-order valence-corrected chi connectivity index (χ4v) is 4.16. The van der Waals surface area contributed by atoms with Crippen molar-refractivity contribution in [3.05, 3.63) is 79.6 Å². The number of rotatable bonds is 2. The smallest absolute Gasteiger partial charge is 0.291 e. The fraction of sp³-hybridized carbons (Fsp3) is 0.0952. The maximum Gasteiger partial charge on any atom is 0.291 e. The van der Waals surface area contributed by atoms with Crippen molar-refractivity contribution >= 4 is 40.1 Å². The van der Waals surface area contributed by atoms with Crippen LogP contribution in [0.1, 0.15) is 12.5 Å². The third-order valence-electron chi connectivity index (χ3n) is 4.60. The monoisotopic (exact) mass is 407 g/mol. The molecule has 0 saturated carbocycles. The molecule has 1 aliphatic heterocycles. The van der Waals surface area contributed by atoms with E-state index in [1.807, 2.05) is 49.4 Å². The average molecular weight is 408 g/mol. The number of para-hydroxylation sites is 1. The molecule has 2 aromatic heterocycles. The first kappa shape index (κ1) is 17.2. The van der Waals surface area contributed by atoms with E-state index >= 15 is 0 Å². The highest BCUT2D eigenvalue weighted by atomic mass is 35.5. The van der Waals surface area contributed by atoms with Gasteiger partial charge < -0.3 is 4.74 Å². The van der Waals surface area contributed by atoms with E-state index in [0.29, 0.717) is 20.3 Å². The number of benzene rings is 2. The van der Waals surface area contributed by atoms with E-state index in [1.165, 1.54) is 15.9 Å². The first-order chi connectivity index (χ1) is 13.6. The summed E-state index contributed by atoms with van der Waals surface area (Å²) in [5.74, 6) is 1.36. The maximum absolute atomic E-state index is 12.8. The van der Waals surface area contributed by atoms with Crippen molar-refractivity contribution in [1.29, 1.82) is 0 Å². The Morgan fingerprint density at radius 3 is 2.75 bits per heavy atom. The van der Waals surface area contributed by atoms with Gasteiger partial charge in [-0.05, 0) is 55.0 Å². The molecule has 138 valence electrons. The van der Waals surface area contributed by atoms with Crippen LogP contribution < -0.4 is 14.8 Å². The molecule has 7 heteroatoms. The van der Waals surface area contributed by atoms with Crippen molar-refractivity contribution in [2.45, 2.75) is 13.0 Å². The number of halogens is 1. The average Bonchev–Trinajstić information content (AvgIpc) is 3.23. The van der Waals surface area contributed by atoms with Gasteiger partial charge in [0.05, 0.1) is 4.53 Å². The van der Waals surface area contributed by atoms with Crippen LogP contribution in [-0.4, -0.2) is 20.7 Å². The van der Waals surface area contributed by atoms with Gasteiger partial charge in [-0.3, -0.25) is 4.79 Å². The largest absolute Gasteiger partial charge is 0.485 e. The zero-order chi connectivity index (χ0) is 19.3. The van der Waals surface area contributed by atoms with Crippen LogP contribution in [0.25, 0.3) is 28.5 Å². The van der Waals surface area contributed by atoms with Gasteiger partial charge in [0.15, 0.2) is 5.82 Å². The normalized spacial score (nSPS) is 16.7. The second-order valence-electron chi connectivity index (χ2n) is 6.49. The van der Waals surface area contributed by atoms with Crippen LogP contribution >= 0.6 is 22.9 Å². The van der Waals surface area contributed by atoms with Gasteiger partial charge in [0.2, 0.25) is 4.96 Å². The predicted octanol–water partition coefficient (Wildman–Crippen LogP) is 3.84. The minimum absolute atomic E-state index is 0.138. The number of ether oxygens (including phenoxy) is 1. The van der Waals surface area contributed by atoms with Gasteiger partial charge in [0, 0.05) is 16.1 Å². The first-order valence-corrected chi connectivity index (χ1v) is 9.92. The second kappa shape index (κ2) is 6.58. The molecule has 0 fully saturated rings. The standard InChI is InChI=1S/C21H14ClN3O2S/c1-12-15(10-14-4-2-3-5-17(14)27-12)11-18-20(26)25-21(28-18)23-19(24-25)13-6-8-16(22)9-7-13/h2-12H,1H3. The van der Waals surface area contributed by atoms with Crippen molar-refractivity contribution in [3.8, 4) is 17.1 Å². The Balaban J connectivity index is 1.58. The first-order valence-electron chi connectivity index (χ1n) is 8.73. The summed E-state index contributed by atoms with van der Waals surface area (Å²) in [4.78, 5) is 17.9. The quantitative estimate of drug-likeness (QED) is 0.506. The van der Waals surface area contributed by atoms with Crippen LogP contribution in [0.4, 0.5) is 0 Å². The minimum Gasteiger partial charge on any atom is -0.485 e. The Hall–Kier alpha value is -2.96. The molecule has 1 unspecified atom stereocenters. The van der Waals surface area contributed by atoms with E-state index in [0.717, 1.165) is 22.4 Å². The van der Waals surface area contributed by atoms with E-state index in [4.69, 9.17) is 16.3 Å². The van der Waals surface area contributed by atoms with Gasteiger partial charge in [0.1, 0.15) is 11.9 Å².